The Balaban J connectivity index is 1.24. The average molecular weight is 582 g/mol. The van der Waals surface area contributed by atoms with E-state index in [1.54, 1.807) is 0 Å². The maximum absolute atomic E-state index is 6.61. The van der Waals surface area contributed by atoms with Crippen molar-refractivity contribution in [3.8, 4) is 39.9 Å². The number of hydrogen-bond donors (Lipinski definition) is 0. The Morgan fingerprint density at radius 3 is 1.98 bits per heavy atom. The molecule has 3 heterocycles. The minimum Gasteiger partial charge on any atom is -0.485 e. The zero-order valence-corrected chi connectivity index (χ0v) is 24.5. The molecule has 0 spiro atoms. The normalized spacial score (nSPS) is 18.4. The van der Waals surface area contributed by atoms with Gasteiger partial charge in [-0.15, -0.1) is 0 Å². The summed E-state index contributed by atoms with van der Waals surface area (Å²) in [5, 5.41) is 2.23. The van der Waals surface area contributed by atoms with Gasteiger partial charge in [0.2, 0.25) is 0 Å². The van der Waals surface area contributed by atoms with Gasteiger partial charge in [0.1, 0.15) is 23.0 Å². The zero-order valence-electron chi connectivity index (χ0n) is 24.5. The smallest absolute Gasteiger partial charge is 0.164 e. The Morgan fingerprint density at radius 1 is 0.600 bits per heavy atom. The third-order valence-electron chi connectivity index (χ3n) is 8.97. The van der Waals surface area contributed by atoms with E-state index >= 15 is 0 Å². The SMILES string of the molecule is CC12C=C(c3cccc4oc5ccccc5c34)C=CC1Oc1cccc(-c3nc(-c4ccccc4)nc(-c4ccccc4)n3)c12. The minimum atomic E-state index is -0.468. The molecule has 2 atom stereocenters. The van der Waals surface area contributed by atoms with Crippen molar-refractivity contribution in [2.24, 2.45) is 0 Å². The van der Waals surface area contributed by atoms with Crippen molar-refractivity contribution in [1.82, 2.24) is 15.0 Å². The van der Waals surface area contributed by atoms with Crippen LogP contribution in [0.1, 0.15) is 18.1 Å². The first kappa shape index (κ1) is 25.7. The van der Waals surface area contributed by atoms with Crippen molar-refractivity contribution in [3.05, 3.63) is 151 Å². The Hall–Kier alpha value is -5.81. The second-order valence-electron chi connectivity index (χ2n) is 11.8. The van der Waals surface area contributed by atoms with Crippen molar-refractivity contribution < 1.29 is 9.15 Å². The lowest BCUT2D eigenvalue weighted by Crippen LogP contribution is -2.34. The second-order valence-corrected chi connectivity index (χ2v) is 11.8. The van der Waals surface area contributed by atoms with Gasteiger partial charge in [0.15, 0.2) is 17.5 Å². The monoisotopic (exact) mass is 581 g/mol. The van der Waals surface area contributed by atoms with Gasteiger partial charge in [-0.1, -0.05) is 115 Å². The van der Waals surface area contributed by atoms with E-state index in [1.165, 1.54) is 0 Å². The number of nitrogens with zero attached hydrogens (tertiary/aromatic N) is 3. The van der Waals surface area contributed by atoms with Crippen LogP contribution in [0.2, 0.25) is 0 Å². The Morgan fingerprint density at radius 2 is 1.22 bits per heavy atom. The van der Waals surface area contributed by atoms with E-state index < -0.39 is 5.41 Å². The van der Waals surface area contributed by atoms with Crippen LogP contribution in [0.5, 0.6) is 5.75 Å². The number of rotatable bonds is 4. The fourth-order valence-electron chi connectivity index (χ4n) is 6.84. The maximum Gasteiger partial charge on any atom is 0.164 e. The topological polar surface area (TPSA) is 61.0 Å². The standard InChI is InChI=1S/C40H27N3O2/c1-40-24-27(28-17-10-20-32-35(28)29-16-8-9-19-31(29)44-32)22-23-34(40)45-33-21-11-18-30(36(33)40)39-42-37(25-12-4-2-5-13-25)41-38(43-39)26-14-6-3-7-15-26/h2-24,34H,1H3. The number of aromatic nitrogens is 3. The van der Waals surface area contributed by atoms with E-state index in [-0.39, 0.29) is 6.10 Å². The van der Waals surface area contributed by atoms with Gasteiger partial charge in [-0.25, -0.2) is 15.0 Å². The zero-order chi connectivity index (χ0) is 30.0. The van der Waals surface area contributed by atoms with Gasteiger partial charge in [-0.05, 0) is 42.3 Å². The summed E-state index contributed by atoms with van der Waals surface area (Å²) in [6, 6.07) is 40.8. The molecule has 0 N–H and O–H groups in total. The molecule has 9 rings (SSSR count). The molecular formula is C40H27N3O2. The molecule has 0 saturated carbocycles. The van der Waals surface area contributed by atoms with E-state index in [4.69, 9.17) is 24.1 Å². The minimum absolute atomic E-state index is 0.165. The highest BCUT2D eigenvalue weighted by Gasteiger charge is 2.46. The molecular weight excluding hydrogens is 554 g/mol. The van der Waals surface area contributed by atoms with Crippen molar-refractivity contribution in [2.45, 2.75) is 18.4 Å². The van der Waals surface area contributed by atoms with Crippen LogP contribution in [0.25, 0.3) is 61.7 Å². The van der Waals surface area contributed by atoms with Crippen molar-refractivity contribution in [2.75, 3.05) is 0 Å². The lowest BCUT2D eigenvalue weighted by atomic mass is 9.72. The van der Waals surface area contributed by atoms with E-state index in [0.29, 0.717) is 17.5 Å². The van der Waals surface area contributed by atoms with E-state index in [9.17, 15) is 0 Å². The molecule has 1 aliphatic heterocycles. The number of benzene rings is 5. The molecule has 2 unspecified atom stereocenters. The van der Waals surface area contributed by atoms with Crippen molar-refractivity contribution in [3.63, 3.8) is 0 Å². The first-order valence-corrected chi connectivity index (χ1v) is 15.1. The highest BCUT2D eigenvalue weighted by atomic mass is 16.5. The van der Waals surface area contributed by atoms with Gasteiger partial charge < -0.3 is 9.15 Å². The summed E-state index contributed by atoms with van der Waals surface area (Å²) in [5.74, 6) is 2.74. The molecule has 5 heteroatoms. The highest BCUT2D eigenvalue weighted by Crippen LogP contribution is 2.52. The molecule has 0 bridgehead atoms. The maximum atomic E-state index is 6.61. The fourth-order valence-corrected chi connectivity index (χ4v) is 6.84. The van der Waals surface area contributed by atoms with Crippen molar-refractivity contribution in [1.29, 1.82) is 0 Å². The Kier molecular flexibility index (Phi) is 5.62. The van der Waals surface area contributed by atoms with Crippen LogP contribution < -0.4 is 4.74 Å². The van der Waals surface area contributed by atoms with Crippen LogP contribution in [0.4, 0.5) is 0 Å². The summed E-state index contributed by atoms with van der Waals surface area (Å²) in [5.41, 5.74) is 7.46. The predicted molar refractivity (Wildman–Crippen MR) is 179 cm³/mol. The number of fused-ring (bicyclic) bond motifs is 6. The summed E-state index contributed by atoms with van der Waals surface area (Å²) in [4.78, 5) is 15.0. The molecule has 45 heavy (non-hydrogen) atoms. The largest absolute Gasteiger partial charge is 0.485 e. The van der Waals surface area contributed by atoms with E-state index in [2.05, 4.69) is 55.5 Å². The molecule has 0 amide bonds. The summed E-state index contributed by atoms with van der Waals surface area (Å²) in [6.07, 6.45) is 6.54. The Bertz CT molecular complexity index is 2260. The third kappa shape index (κ3) is 4.05. The predicted octanol–water partition coefficient (Wildman–Crippen LogP) is 9.44. The van der Waals surface area contributed by atoms with Gasteiger partial charge in [0.05, 0.1) is 5.41 Å². The van der Waals surface area contributed by atoms with E-state index in [0.717, 1.165) is 61.1 Å². The number of para-hydroxylation sites is 1. The lowest BCUT2D eigenvalue weighted by Gasteiger charge is -2.30. The third-order valence-corrected chi connectivity index (χ3v) is 8.97. The number of hydrogen-bond acceptors (Lipinski definition) is 5. The summed E-state index contributed by atoms with van der Waals surface area (Å²) < 4.78 is 12.8. The first-order chi connectivity index (χ1) is 22.2. The van der Waals surface area contributed by atoms with Gasteiger partial charge in [0, 0.05) is 33.0 Å². The first-order valence-electron chi connectivity index (χ1n) is 15.1. The van der Waals surface area contributed by atoms with Crippen molar-refractivity contribution >= 4 is 27.5 Å². The molecule has 5 aromatic carbocycles. The van der Waals surface area contributed by atoms with Crippen LogP contribution in [-0.2, 0) is 5.41 Å². The number of ether oxygens (including phenoxy) is 1. The molecule has 7 aromatic rings. The van der Waals surface area contributed by atoms with Gasteiger partial charge in [-0.2, -0.15) is 0 Å². The van der Waals surface area contributed by atoms with Crippen LogP contribution >= 0.6 is 0 Å². The molecule has 2 aliphatic rings. The Labute approximate surface area is 260 Å². The van der Waals surface area contributed by atoms with Gasteiger partial charge >= 0.3 is 0 Å². The van der Waals surface area contributed by atoms with Crippen LogP contribution in [0, 0.1) is 0 Å². The van der Waals surface area contributed by atoms with Crippen LogP contribution in [0.15, 0.2) is 144 Å². The molecule has 0 saturated heterocycles. The summed E-state index contributed by atoms with van der Waals surface area (Å²) in [7, 11) is 0. The lowest BCUT2D eigenvalue weighted by molar-refractivity contribution is 0.228. The molecule has 214 valence electrons. The highest BCUT2D eigenvalue weighted by molar-refractivity contribution is 6.11. The molecule has 5 nitrogen and oxygen atoms in total. The van der Waals surface area contributed by atoms with Crippen LogP contribution in [-0.4, -0.2) is 21.1 Å². The summed E-state index contributed by atoms with van der Waals surface area (Å²) >= 11 is 0. The molecule has 0 fully saturated rings. The number of furan rings is 1. The molecule has 2 aromatic heterocycles. The van der Waals surface area contributed by atoms with E-state index in [1.807, 2.05) is 91.0 Å². The molecule has 0 radical (unpaired) electrons. The number of allylic oxidation sites excluding steroid dienone is 2. The van der Waals surface area contributed by atoms with Gasteiger partial charge in [-0.3, -0.25) is 0 Å². The van der Waals surface area contributed by atoms with Gasteiger partial charge in [0.25, 0.3) is 0 Å². The summed E-state index contributed by atoms with van der Waals surface area (Å²) in [6.45, 7) is 2.25. The molecule has 1 aliphatic carbocycles. The fraction of sp³-hybridized carbons (Fsp3) is 0.0750. The average Bonchev–Trinajstić information content (AvgIpc) is 3.63. The quantitative estimate of drug-likeness (QED) is 0.207. The van der Waals surface area contributed by atoms with Crippen LogP contribution in [0.3, 0.4) is 0 Å². The second kappa shape index (κ2) is 9.86.